The molecule has 0 atom stereocenters. The first-order valence-corrected chi connectivity index (χ1v) is 9.20. The van der Waals surface area contributed by atoms with E-state index in [-0.39, 0.29) is 29.7 Å². The van der Waals surface area contributed by atoms with Crippen LogP contribution in [0.1, 0.15) is 44.9 Å². The third-order valence-corrected chi connectivity index (χ3v) is 5.02. The third kappa shape index (κ3) is 2.85. The fourth-order valence-corrected chi connectivity index (χ4v) is 3.73. The summed E-state index contributed by atoms with van der Waals surface area (Å²) in [5.41, 5.74) is 1.09. The van der Waals surface area contributed by atoms with E-state index >= 15 is 0 Å². The van der Waals surface area contributed by atoms with Gasteiger partial charge in [-0.15, -0.1) is 10.2 Å². The standard InChI is InChI=1S/C18H22N6O2/c1-2-14-21-22-17-18(26)23(13-9-6-10-19-16(13)24(14)17)11-15(25)20-12-7-4-3-5-8-12/h6,9-10,12H,2-5,7-8,11H2,1H3,(H,20,25). The van der Waals surface area contributed by atoms with E-state index in [2.05, 4.69) is 20.5 Å². The van der Waals surface area contributed by atoms with Gasteiger partial charge in [0, 0.05) is 18.7 Å². The SMILES string of the molecule is CCc1nnc2c(=O)n(CC(=O)NC3CCCCC3)c3cccnc3n12. The second-order valence-electron chi connectivity index (χ2n) is 6.77. The van der Waals surface area contributed by atoms with Crippen LogP contribution in [0.3, 0.4) is 0 Å². The van der Waals surface area contributed by atoms with Gasteiger partial charge in [0.1, 0.15) is 12.4 Å². The Kier molecular flexibility index (Phi) is 4.40. The van der Waals surface area contributed by atoms with Crippen molar-refractivity contribution in [2.75, 3.05) is 0 Å². The van der Waals surface area contributed by atoms with Crippen LogP contribution in [0.4, 0.5) is 0 Å². The Bertz CT molecular complexity index is 1020. The van der Waals surface area contributed by atoms with Crippen LogP contribution in [0.15, 0.2) is 23.1 Å². The number of pyridine rings is 1. The molecule has 0 aromatic carbocycles. The molecular formula is C18H22N6O2. The Morgan fingerprint density at radius 1 is 1.23 bits per heavy atom. The number of aromatic nitrogens is 5. The molecule has 0 spiro atoms. The van der Waals surface area contributed by atoms with E-state index in [4.69, 9.17) is 0 Å². The zero-order valence-corrected chi connectivity index (χ0v) is 14.8. The quantitative estimate of drug-likeness (QED) is 0.765. The first-order valence-electron chi connectivity index (χ1n) is 9.20. The smallest absolute Gasteiger partial charge is 0.297 e. The highest BCUT2D eigenvalue weighted by atomic mass is 16.2. The van der Waals surface area contributed by atoms with Crippen LogP contribution in [-0.2, 0) is 17.8 Å². The minimum Gasteiger partial charge on any atom is -0.352 e. The summed E-state index contributed by atoms with van der Waals surface area (Å²) < 4.78 is 3.14. The van der Waals surface area contributed by atoms with Gasteiger partial charge in [0.25, 0.3) is 5.56 Å². The Morgan fingerprint density at radius 2 is 2.04 bits per heavy atom. The zero-order valence-electron chi connectivity index (χ0n) is 14.8. The number of fused-ring (bicyclic) bond motifs is 3. The lowest BCUT2D eigenvalue weighted by molar-refractivity contribution is -0.122. The van der Waals surface area contributed by atoms with Crippen molar-refractivity contribution >= 4 is 22.7 Å². The fraction of sp³-hybridized carbons (Fsp3) is 0.500. The molecule has 4 rings (SSSR count). The summed E-state index contributed by atoms with van der Waals surface area (Å²) in [4.78, 5) is 29.9. The van der Waals surface area contributed by atoms with Crippen LogP contribution in [0.5, 0.6) is 0 Å². The summed E-state index contributed by atoms with van der Waals surface area (Å²) in [5, 5.41) is 11.2. The largest absolute Gasteiger partial charge is 0.352 e. The fourth-order valence-electron chi connectivity index (χ4n) is 3.73. The first-order chi connectivity index (χ1) is 12.7. The summed E-state index contributed by atoms with van der Waals surface area (Å²) in [5.74, 6) is 0.531. The lowest BCUT2D eigenvalue weighted by atomic mass is 9.95. The van der Waals surface area contributed by atoms with Crippen molar-refractivity contribution in [2.45, 2.75) is 58.0 Å². The molecule has 0 aliphatic heterocycles. The average molecular weight is 354 g/mol. The lowest BCUT2D eigenvalue weighted by Crippen LogP contribution is -2.40. The van der Waals surface area contributed by atoms with Gasteiger partial charge >= 0.3 is 0 Å². The van der Waals surface area contributed by atoms with Crippen molar-refractivity contribution in [3.63, 3.8) is 0 Å². The number of nitrogens with zero attached hydrogens (tertiary/aromatic N) is 5. The second kappa shape index (κ2) is 6.86. The van der Waals surface area contributed by atoms with Gasteiger partial charge in [-0.25, -0.2) is 4.98 Å². The van der Waals surface area contributed by atoms with Gasteiger partial charge in [-0.3, -0.25) is 18.6 Å². The highest BCUT2D eigenvalue weighted by Crippen LogP contribution is 2.17. The van der Waals surface area contributed by atoms with Crippen molar-refractivity contribution in [3.8, 4) is 0 Å². The molecular weight excluding hydrogens is 332 g/mol. The highest BCUT2D eigenvalue weighted by Gasteiger charge is 2.20. The number of rotatable bonds is 4. The van der Waals surface area contributed by atoms with Gasteiger partial charge in [0.15, 0.2) is 5.65 Å². The Morgan fingerprint density at radius 3 is 2.81 bits per heavy atom. The number of hydrogen-bond acceptors (Lipinski definition) is 5. The average Bonchev–Trinajstić information content (AvgIpc) is 3.10. The maximum absolute atomic E-state index is 12.9. The number of carbonyl (C=O) groups excluding carboxylic acids is 1. The van der Waals surface area contributed by atoms with Crippen LogP contribution >= 0.6 is 0 Å². The molecule has 3 heterocycles. The van der Waals surface area contributed by atoms with Crippen LogP contribution in [0.25, 0.3) is 16.8 Å². The van der Waals surface area contributed by atoms with Gasteiger partial charge in [-0.2, -0.15) is 0 Å². The van der Waals surface area contributed by atoms with Gasteiger partial charge < -0.3 is 5.32 Å². The van der Waals surface area contributed by atoms with Gasteiger partial charge in [0.2, 0.25) is 11.6 Å². The summed E-state index contributed by atoms with van der Waals surface area (Å²) in [7, 11) is 0. The molecule has 0 saturated heterocycles. The van der Waals surface area contributed by atoms with Crippen molar-refractivity contribution in [2.24, 2.45) is 0 Å². The van der Waals surface area contributed by atoms with E-state index in [1.807, 2.05) is 6.92 Å². The number of nitrogens with one attached hydrogen (secondary N) is 1. The maximum Gasteiger partial charge on any atom is 0.297 e. The Hall–Kier alpha value is -2.77. The van der Waals surface area contributed by atoms with Crippen molar-refractivity contribution in [1.29, 1.82) is 0 Å². The van der Waals surface area contributed by atoms with Crippen LogP contribution in [0, 0.1) is 0 Å². The molecule has 0 radical (unpaired) electrons. The summed E-state index contributed by atoms with van der Waals surface area (Å²) >= 11 is 0. The number of aryl methyl sites for hydroxylation is 1. The summed E-state index contributed by atoms with van der Waals surface area (Å²) in [6.07, 6.45) is 7.83. The van der Waals surface area contributed by atoms with E-state index in [1.54, 1.807) is 22.7 Å². The van der Waals surface area contributed by atoms with Gasteiger partial charge in [-0.1, -0.05) is 26.2 Å². The monoisotopic (exact) mass is 354 g/mol. The van der Waals surface area contributed by atoms with Crippen molar-refractivity contribution < 1.29 is 4.79 Å². The lowest BCUT2D eigenvalue weighted by Gasteiger charge is -2.23. The number of carbonyl (C=O) groups is 1. The van der Waals surface area contributed by atoms with E-state index in [1.165, 1.54) is 11.0 Å². The molecule has 1 aliphatic rings. The summed E-state index contributed by atoms with van der Waals surface area (Å²) in [6, 6.07) is 3.77. The molecule has 0 unspecified atom stereocenters. The highest BCUT2D eigenvalue weighted by molar-refractivity contribution is 5.80. The third-order valence-electron chi connectivity index (χ3n) is 5.02. The maximum atomic E-state index is 12.9. The molecule has 0 bridgehead atoms. The van der Waals surface area contributed by atoms with Crippen molar-refractivity contribution in [1.82, 2.24) is 29.5 Å². The minimum absolute atomic E-state index is 0.0393. The molecule has 26 heavy (non-hydrogen) atoms. The molecule has 8 nitrogen and oxygen atoms in total. The van der Waals surface area contributed by atoms with Crippen LogP contribution in [-0.4, -0.2) is 36.1 Å². The Labute approximate surface area is 150 Å². The van der Waals surface area contributed by atoms with E-state index in [0.717, 1.165) is 25.7 Å². The van der Waals surface area contributed by atoms with Crippen molar-refractivity contribution in [3.05, 3.63) is 34.5 Å². The molecule has 1 saturated carbocycles. The molecule has 8 heteroatoms. The first kappa shape index (κ1) is 16.7. The predicted octanol–water partition coefficient (Wildman–Crippen LogP) is 1.45. The summed E-state index contributed by atoms with van der Waals surface area (Å²) in [6.45, 7) is 1.91. The molecule has 1 amide bonds. The second-order valence-corrected chi connectivity index (χ2v) is 6.77. The molecule has 3 aromatic heterocycles. The normalized spacial score (nSPS) is 15.6. The van der Waals surface area contributed by atoms with Gasteiger partial charge in [0.05, 0.1) is 5.52 Å². The van der Waals surface area contributed by atoms with E-state index < -0.39 is 0 Å². The Balaban J connectivity index is 1.75. The van der Waals surface area contributed by atoms with Crippen LogP contribution in [0.2, 0.25) is 0 Å². The molecule has 1 fully saturated rings. The molecule has 136 valence electrons. The molecule has 1 aliphatic carbocycles. The molecule has 1 N–H and O–H groups in total. The van der Waals surface area contributed by atoms with E-state index in [0.29, 0.717) is 23.4 Å². The van der Waals surface area contributed by atoms with E-state index in [9.17, 15) is 9.59 Å². The zero-order chi connectivity index (χ0) is 18.1. The number of amides is 1. The van der Waals surface area contributed by atoms with Crippen LogP contribution < -0.4 is 10.9 Å². The molecule has 3 aromatic rings. The number of hydrogen-bond donors (Lipinski definition) is 1. The topological polar surface area (TPSA) is 94.2 Å². The predicted molar refractivity (Wildman–Crippen MR) is 96.9 cm³/mol. The van der Waals surface area contributed by atoms with Gasteiger partial charge in [-0.05, 0) is 25.0 Å². The minimum atomic E-state index is -0.323.